The van der Waals surface area contributed by atoms with Gasteiger partial charge in [0.2, 0.25) is 0 Å². The monoisotopic (exact) mass is 416 g/mol. The summed E-state index contributed by atoms with van der Waals surface area (Å²) in [4.78, 5) is 20.1. The topological polar surface area (TPSA) is 68.2 Å². The summed E-state index contributed by atoms with van der Waals surface area (Å²) in [6, 6.07) is 4.23. The maximum atomic E-state index is 12.8. The van der Waals surface area contributed by atoms with Crippen LogP contribution < -0.4 is 4.74 Å². The molecular weight excluding hydrogens is 392 g/mol. The summed E-state index contributed by atoms with van der Waals surface area (Å²) >= 11 is 2.82. The Balaban J connectivity index is 1.39. The van der Waals surface area contributed by atoms with Gasteiger partial charge in [-0.25, -0.2) is 4.98 Å². The molecule has 1 fully saturated rings. The zero-order valence-electron chi connectivity index (χ0n) is 16.4. The number of hydrogen-bond acceptors (Lipinski definition) is 7. The molecule has 1 aromatic carbocycles. The highest BCUT2D eigenvalue weighted by Crippen LogP contribution is 2.33. The number of aromatic nitrogens is 3. The van der Waals surface area contributed by atoms with Crippen LogP contribution in [0.2, 0.25) is 0 Å². The molecule has 8 heteroatoms. The number of piperidine rings is 1. The number of rotatable bonds is 5. The number of carbonyl (C=O) groups excluding carboxylic acids is 1. The first-order valence-corrected chi connectivity index (χ1v) is 11.3. The lowest BCUT2D eigenvalue weighted by Crippen LogP contribution is -2.41. The predicted octanol–water partition coefficient (Wildman–Crippen LogP) is 4.40. The number of fused-ring (bicyclic) bond motifs is 1. The van der Waals surface area contributed by atoms with Crippen LogP contribution in [0.3, 0.4) is 0 Å². The molecule has 148 valence electrons. The van der Waals surface area contributed by atoms with Gasteiger partial charge in [0.15, 0.2) is 0 Å². The molecular formula is C20H24N4O2S2. The van der Waals surface area contributed by atoms with Gasteiger partial charge in [0.1, 0.15) is 11.0 Å². The summed E-state index contributed by atoms with van der Waals surface area (Å²) in [7, 11) is 0. The van der Waals surface area contributed by atoms with Gasteiger partial charge in [-0.3, -0.25) is 4.79 Å². The van der Waals surface area contributed by atoms with Crippen molar-refractivity contribution in [3.05, 3.63) is 33.8 Å². The highest BCUT2D eigenvalue weighted by atomic mass is 32.1. The van der Waals surface area contributed by atoms with Crippen molar-refractivity contribution in [3.8, 4) is 5.19 Å². The van der Waals surface area contributed by atoms with Crippen molar-refractivity contribution < 1.29 is 9.53 Å². The first-order chi connectivity index (χ1) is 13.6. The van der Waals surface area contributed by atoms with Gasteiger partial charge in [-0.1, -0.05) is 41.3 Å². The molecule has 0 aliphatic carbocycles. The maximum absolute atomic E-state index is 12.8. The molecule has 0 spiro atoms. The van der Waals surface area contributed by atoms with E-state index in [4.69, 9.17) is 9.72 Å². The second kappa shape index (κ2) is 8.13. The number of nitrogens with zero attached hydrogens (tertiary/aromatic N) is 4. The number of benzene rings is 1. The first kappa shape index (κ1) is 19.3. The van der Waals surface area contributed by atoms with Gasteiger partial charge in [0.25, 0.3) is 11.1 Å². The normalized spacial score (nSPS) is 15.3. The Bertz CT molecular complexity index is 950. The highest BCUT2D eigenvalue weighted by Gasteiger charge is 2.28. The molecule has 0 saturated carbocycles. The molecule has 0 bridgehead atoms. The van der Waals surface area contributed by atoms with Crippen LogP contribution in [-0.2, 0) is 6.42 Å². The van der Waals surface area contributed by atoms with Crippen molar-refractivity contribution in [2.45, 2.75) is 52.6 Å². The molecule has 0 unspecified atom stereocenters. The molecule has 3 aromatic rings. The van der Waals surface area contributed by atoms with E-state index in [-0.39, 0.29) is 12.0 Å². The molecule has 1 saturated heterocycles. The summed E-state index contributed by atoms with van der Waals surface area (Å²) in [5.41, 5.74) is 4.27. The second-order valence-corrected chi connectivity index (χ2v) is 8.98. The van der Waals surface area contributed by atoms with E-state index in [0.29, 0.717) is 18.0 Å². The van der Waals surface area contributed by atoms with Crippen LogP contribution in [0.5, 0.6) is 5.19 Å². The van der Waals surface area contributed by atoms with E-state index < -0.39 is 0 Å². The average molecular weight is 417 g/mol. The molecule has 0 atom stereocenters. The molecule has 1 aliphatic heterocycles. The van der Waals surface area contributed by atoms with E-state index in [2.05, 4.69) is 42.5 Å². The van der Waals surface area contributed by atoms with Gasteiger partial charge in [-0.15, -0.1) is 5.10 Å². The fraction of sp³-hybridized carbons (Fsp3) is 0.500. The van der Waals surface area contributed by atoms with Gasteiger partial charge >= 0.3 is 0 Å². The molecule has 3 heterocycles. The van der Waals surface area contributed by atoms with Gasteiger partial charge in [0, 0.05) is 25.9 Å². The number of aryl methyl sites for hydroxylation is 3. The van der Waals surface area contributed by atoms with Crippen molar-refractivity contribution in [3.63, 3.8) is 0 Å². The Hall–Kier alpha value is -2.06. The quantitative estimate of drug-likeness (QED) is 0.617. The number of likely N-dealkylation sites (tertiary alicyclic amines) is 1. The zero-order chi connectivity index (χ0) is 19.7. The molecule has 0 N–H and O–H groups in total. The number of thiazole rings is 1. The van der Waals surface area contributed by atoms with E-state index in [1.807, 2.05) is 4.90 Å². The summed E-state index contributed by atoms with van der Waals surface area (Å²) in [5, 5.41) is 4.85. The number of carbonyl (C=O) groups is 1. The average Bonchev–Trinajstić information content (AvgIpc) is 3.33. The fourth-order valence-electron chi connectivity index (χ4n) is 3.52. The predicted molar refractivity (Wildman–Crippen MR) is 113 cm³/mol. The summed E-state index contributed by atoms with van der Waals surface area (Å²) in [6.45, 7) is 7.65. The van der Waals surface area contributed by atoms with Crippen LogP contribution >= 0.6 is 22.9 Å². The standard InChI is InChI=1S/C20H24N4O2S2/c1-4-5-15-18(28-23-22-15)19(25)24-10-8-14(9-11-24)26-20-21-16-12(2)6-7-13(3)17(16)27-20/h6-7,14H,4-5,8-11H2,1-3H3. The van der Waals surface area contributed by atoms with Crippen LogP contribution in [0.4, 0.5) is 0 Å². The lowest BCUT2D eigenvalue weighted by molar-refractivity contribution is 0.0599. The molecule has 1 amide bonds. The smallest absolute Gasteiger partial charge is 0.274 e. The Morgan fingerprint density at radius 1 is 1.25 bits per heavy atom. The SMILES string of the molecule is CCCc1nnsc1C(=O)N1CCC(Oc2nc3c(C)ccc(C)c3s2)CC1. The number of amides is 1. The van der Waals surface area contributed by atoms with Gasteiger partial charge in [-0.05, 0) is 42.9 Å². The molecule has 2 aromatic heterocycles. The minimum Gasteiger partial charge on any atom is -0.467 e. The summed E-state index contributed by atoms with van der Waals surface area (Å²) in [6.07, 6.45) is 3.49. The van der Waals surface area contributed by atoms with Crippen molar-refractivity contribution in [2.75, 3.05) is 13.1 Å². The largest absolute Gasteiger partial charge is 0.467 e. The number of ether oxygens (including phenoxy) is 1. The van der Waals surface area contributed by atoms with Crippen LogP contribution in [-0.4, -0.2) is 44.6 Å². The van der Waals surface area contributed by atoms with Crippen LogP contribution in [0.1, 0.15) is 52.7 Å². The van der Waals surface area contributed by atoms with Gasteiger partial charge in [0.05, 0.1) is 15.9 Å². The third-order valence-corrected chi connectivity index (χ3v) is 6.99. The van der Waals surface area contributed by atoms with Crippen molar-refractivity contribution in [1.82, 2.24) is 19.5 Å². The molecule has 28 heavy (non-hydrogen) atoms. The summed E-state index contributed by atoms with van der Waals surface area (Å²) in [5.74, 6) is 0.0585. The van der Waals surface area contributed by atoms with Gasteiger partial charge < -0.3 is 9.64 Å². The first-order valence-electron chi connectivity index (χ1n) is 9.70. The Morgan fingerprint density at radius 3 is 2.71 bits per heavy atom. The third kappa shape index (κ3) is 3.75. The minimum atomic E-state index is 0.0585. The molecule has 0 radical (unpaired) electrons. The van der Waals surface area contributed by atoms with Crippen molar-refractivity contribution >= 4 is 39.0 Å². The van der Waals surface area contributed by atoms with Gasteiger partial charge in [-0.2, -0.15) is 0 Å². The van der Waals surface area contributed by atoms with Crippen LogP contribution in [0.25, 0.3) is 10.2 Å². The van der Waals surface area contributed by atoms with E-state index in [1.165, 1.54) is 27.4 Å². The highest BCUT2D eigenvalue weighted by molar-refractivity contribution is 7.20. The number of hydrogen-bond donors (Lipinski definition) is 0. The Kier molecular flexibility index (Phi) is 5.59. The maximum Gasteiger partial charge on any atom is 0.274 e. The van der Waals surface area contributed by atoms with Crippen LogP contribution in [0.15, 0.2) is 12.1 Å². The fourth-order valence-corrected chi connectivity index (χ4v) is 5.23. The molecule has 1 aliphatic rings. The molecule has 6 nitrogen and oxygen atoms in total. The van der Waals surface area contributed by atoms with E-state index in [1.54, 1.807) is 11.3 Å². The molecule has 4 rings (SSSR count). The lowest BCUT2D eigenvalue weighted by Gasteiger charge is -2.31. The lowest BCUT2D eigenvalue weighted by atomic mass is 10.1. The van der Waals surface area contributed by atoms with Crippen LogP contribution in [0, 0.1) is 13.8 Å². The summed E-state index contributed by atoms with van der Waals surface area (Å²) < 4.78 is 11.4. The minimum absolute atomic E-state index is 0.0585. The Morgan fingerprint density at radius 2 is 2.00 bits per heavy atom. The van der Waals surface area contributed by atoms with E-state index >= 15 is 0 Å². The van der Waals surface area contributed by atoms with Crippen molar-refractivity contribution in [1.29, 1.82) is 0 Å². The second-order valence-electron chi connectivity index (χ2n) is 7.27. The van der Waals surface area contributed by atoms with E-state index in [0.717, 1.165) is 42.1 Å². The van der Waals surface area contributed by atoms with E-state index in [9.17, 15) is 4.79 Å². The van der Waals surface area contributed by atoms with Crippen molar-refractivity contribution in [2.24, 2.45) is 0 Å². The Labute approximate surface area is 172 Å². The third-order valence-electron chi connectivity index (χ3n) is 5.16. The zero-order valence-corrected chi connectivity index (χ0v) is 18.0.